The monoisotopic (exact) mass is 101 g/mol. The summed E-state index contributed by atoms with van der Waals surface area (Å²) >= 11 is 0. The molecule has 0 saturated heterocycles. The first kappa shape index (κ1) is 4.25. The van der Waals surface area contributed by atoms with Gasteiger partial charge in [-0.05, 0) is 0 Å². The smallest absolute Gasteiger partial charge is 0.0574 e. The average Bonchev–Trinajstić information content (AvgIpc) is 1.86. The molecule has 0 radical (unpaired) electrons. The number of hydrogen-bond donors (Lipinski definition) is 0. The summed E-state index contributed by atoms with van der Waals surface area (Å²) in [5.74, 6) is 0. The first-order valence-corrected chi connectivity index (χ1v) is 3.96. The minimum Gasteiger partial charge on any atom is -0.481 e. The van der Waals surface area contributed by atoms with Crippen LogP contribution in [0.25, 0.3) is 0 Å². The van der Waals surface area contributed by atoms with E-state index in [4.69, 9.17) is 0 Å². The molecule has 0 aromatic carbocycles. The van der Waals surface area contributed by atoms with Crippen LogP contribution < -0.4 is 0 Å². The van der Waals surface area contributed by atoms with E-state index < -0.39 is 0 Å². The lowest BCUT2D eigenvalue weighted by molar-refractivity contribution is 1.24. The lowest BCUT2D eigenvalue weighted by atomic mass is 10.4. The third-order valence-electron chi connectivity index (χ3n) is 0.928. The molecular weight excluding hydrogens is 92.1 g/mol. The predicted molar refractivity (Wildman–Crippen MR) is 34.7 cm³/mol. The zero-order chi connectivity index (χ0) is 4.41. The second kappa shape index (κ2) is 1.69. The molecule has 0 aromatic heterocycles. The maximum atomic E-state index is 2.38. The molecule has 0 bridgehead atoms. The van der Waals surface area contributed by atoms with E-state index in [1.165, 1.54) is 12.8 Å². The molecule has 0 nitrogen and oxygen atoms in total. The van der Waals surface area contributed by atoms with Gasteiger partial charge >= 0.3 is 0 Å². The maximum Gasteiger partial charge on any atom is -0.0574 e. The lowest BCUT2D eigenvalue weighted by Gasteiger charge is -1.85. The molecule has 0 unspecified atom stereocenters. The van der Waals surface area contributed by atoms with Crippen LogP contribution in [0.5, 0.6) is 0 Å². The van der Waals surface area contributed by atoms with E-state index in [1.807, 2.05) is 0 Å². The fraction of sp³-hybridized carbons (Fsp3) is 0.600. The van der Waals surface area contributed by atoms with E-state index in [-0.39, 0.29) is 0 Å². The van der Waals surface area contributed by atoms with Crippen molar-refractivity contribution in [3.8, 4) is 0 Å². The largest absolute Gasteiger partial charge is 0.481 e. The highest BCUT2D eigenvalue weighted by molar-refractivity contribution is 7.93. The Balaban J connectivity index is 2.78. The van der Waals surface area contributed by atoms with Crippen molar-refractivity contribution in [2.45, 2.75) is 12.8 Å². The fourth-order valence-corrected chi connectivity index (χ4v) is 1.73. The Hall–Kier alpha value is 0.0900. The molecule has 1 heteroatoms. The van der Waals surface area contributed by atoms with Gasteiger partial charge in [-0.1, -0.05) is 12.8 Å². The quantitative estimate of drug-likeness (QED) is 0.310. The van der Waals surface area contributed by atoms with Crippen molar-refractivity contribution in [2.75, 3.05) is 6.26 Å². The van der Waals surface area contributed by atoms with E-state index in [0.717, 1.165) is 0 Å². The van der Waals surface area contributed by atoms with Crippen molar-refractivity contribution in [3.63, 3.8) is 0 Å². The summed E-state index contributed by atoms with van der Waals surface area (Å²) in [6.45, 7) is 0. The van der Waals surface area contributed by atoms with Crippen LogP contribution in [0.15, 0.2) is 0 Å². The third kappa shape index (κ3) is 0.777. The van der Waals surface area contributed by atoms with Crippen molar-refractivity contribution in [1.82, 2.24) is 0 Å². The molecule has 1 heterocycles. The molecule has 0 amide bonds. The van der Waals surface area contributed by atoms with Crippen LogP contribution in [0.2, 0.25) is 0 Å². The minimum atomic E-state index is 0.577. The van der Waals surface area contributed by atoms with Crippen LogP contribution >= 0.6 is 0 Å². The Morgan fingerprint density at radius 2 is 1.83 bits per heavy atom. The molecule has 1 aliphatic heterocycles. The molecule has 6 heavy (non-hydrogen) atoms. The zero-order valence-corrected chi connectivity index (χ0v) is 4.79. The minimum absolute atomic E-state index is 0.577. The van der Waals surface area contributed by atoms with Crippen LogP contribution in [0.3, 0.4) is 0 Å². The van der Waals surface area contributed by atoms with Gasteiger partial charge in [-0.2, -0.15) is 0 Å². The van der Waals surface area contributed by atoms with Crippen molar-refractivity contribution in [3.05, 3.63) is 0 Å². The number of hydrogen-bond acceptors (Lipinski definition) is 1. The first-order chi connectivity index (χ1) is 2.89. The summed E-state index contributed by atoms with van der Waals surface area (Å²) in [6, 6.07) is 0. The topological polar surface area (TPSA) is 0 Å². The Morgan fingerprint density at radius 1 is 1.33 bits per heavy atom. The van der Waals surface area contributed by atoms with Crippen LogP contribution in [-0.4, -0.2) is 17.0 Å². The first-order valence-electron chi connectivity index (χ1n) is 2.20. The van der Waals surface area contributed by atoms with E-state index in [9.17, 15) is 0 Å². The molecule has 36 valence electrons. The summed E-state index contributed by atoms with van der Waals surface area (Å²) in [6.07, 6.45) is 4.90. The van der Waals surface area contributed by atoms with Gasteiger partial charge in [0.15, 0.2) is 0 Å². The second-order valence-electron chi connectivity index (χ2n) is 1.52. The molecular formula is C5H9S-. The van der Waals surface area contributed by atoms with Gasteiger partial charge in [-0.15, -0.1) is 6.26 Å². The highest BCUT2D eigenvalue weighted by Gasteiger charge is 1.71. The fourth-order valence-electron chi connectivity index (χ4n) is 0.576. The van der Waals surface area contributed by atoms with Gasteiger partial charge in [-0.3, -0.25) is 0 Å². The van der Waals surface area contributed by atoms with Gasteiger partial charge in [0.25, 0.3) is 0 Å². The summed E-state index contributed by atoms with van der Waals surface area (Å²) in [7, 11) is 0.577. The van der Waals surface area contributed by atoms with Crippen LogP contribution in [0.1, 0.15) is 12.8 Å². The van der Waals surface area contributed by atoms with Crippen molar-refractivity contribution in [1.29, 1.82) is 0 Å². The SMILES string of the molecule is C[S-]1=CCCC=1. The van der Waals surface area contributed by atoms with Crippen molar-refractivity contribution >= 4 is 20.8 Å². The summed E-state index contributed by atoms with van der Waals surface area (Å²) in [4.78, 5) is 0. The lowest BCUT2D eigenvalue weighted by Crippen LogP contribution is -1.66. The molecule has 0 N–H and O–H groups in total. The summed E-state index contributed by atoms with van der Waals surface area (Å²) < 4.78 is 0. The van der Waals surface area contributed by atoms with Gasteiger partial charge < -0.3 is 10.1 Å². The molecule has 0 atom stereocenters. The molecule has 1 aliphatic rings. The van der Waals surface area contributed by atoms with Crippen LogP contribution in [0, 0.1) is 0 Å². The average molecular weight is 101 g/mol. The Morgan fingerprint density at radius 3 is 2.00 bits per heavy atom. The van der Waals surface area contributed by atoms with E-state index in [1.54, 1.807) is 0 Å². The van der Waals surface area contributed by atoms with Crippen LogP contribution in [-0.2, 0) is 10.1 Å². The van der Waals surface area contributed by atoms with Crippen molar-refractivity contribution in [2.24, 2.45) is 0 Å². The van der Waals surface area contributed by atoms with E-state index >= 15 is 0 Å². The maximum absolute atomic E-state index is 2.38. The highest BCUT2D eigenvalue weighted by Crippen LogP contribution is 1.86. The molecule has 0 spiro atoms. The van der Waals surface area contributed by atoms with Gasteiger partial charge in [0.05, 0.1) is 0 Å². The molecule has 1 rings (SSSR count). The molecule has 0 saturated carbocycles. The van der Waals surface area contributed by atoms with Gasteiger partial charge in [0.1, 0.15) is 0 Å². The summed E-state index contributed by atoms with van der Waals surface area (Å²) in [5, 5.41) is 4.75. The van der Waals surface area contributed by atoms with Gasteiger partial charge in [-0.25, -0.2) is 10.7 Å². The Labute approximate surface area is 40.7 Å². The highest BCUT2D eigenvalue weighted by atomic mass is 32.2. The molecule has 0 aromatic rings. The molecule has 0 fully saturated rings. The normalized spacial score (nSPS) is 22.8. The standard InChI is InChI=1S/C5H9S/c1-6-4-2-3-5-6/h4-5H,2-3H2,1H3/q-1. The predicted octanol–water partition coefficient (Wildman–Crippen LogP) is 0.633. The zero-order valence-electron chi connectivity index (χ0n) is 3.98. The van der Waals surface area contributed by atoms with Crippen LogP contribution in [0.4, 0.5) is 0 Å². The van der Waals surface area contributed by atoms with Crippen molar-refractivity contribution < 1.29 is 0 Å². The third-order valence-corrected chi connectivity index (χ3v) is 2.45. The van der Waals surface area contributed by atoms with E-state index in [0.29, 0.717) is 10.1 Å². The Kier molecular flexibility index (Phi) is 1.20. The number of rotatable bonds is 0. The second-order valence-corrected chi connectivity index (χ2v) is 3.40. The van der Waals surface area contributed by atoms with E-state index in [2.05, 4.69) is 17.0 Å². The Bertz CT molecular complexity index is 104. The summed E-state index contributed by atoms with van der Waals surface area (Å²) in [5.41, 5.74) is 0. The molecule has 0 aliphatic carbocycles. The van der Waals surface area contributed by atoms with Gasteiger partial charge in [0.2, 0.25) is 0 Å². The van der Waals surface area contributed by atoms with Gasteiger partial charge in [0, 0.05) is 0 Å².